The van der Waals surface area contributed by atoms with Crippen LogP contribution in [0.3, 0.4) is 0 Å². The molecule has 58 heavy (non-hydrogen) atoms. The first-order chi connectivity index (χ1) is 28.6. The number of hydrogen-bond donors (Lipinski definition) is 0. The molecule has 0 unspecified atom stereocenters. The number of ketones is 2. The molecule has 2 aliphatic carbocycles. The van der Waals surface area contributed by atoms with E-state index in [-0.39, 0.29) is 0 Å². The van der Waals surface area contributed by atoms with Gasteiger partial charge >= 0.3 is 0 Å². The van der Waals surface area contributed by atoms with Crippen LogP contribution in [0.15, 0.2) is 206 Å². The maximum Gasteiger partial charge on any atom is 0.234 e. The summed E-state index contributed by atoms with van der Waals surface area (Å²) in [5.74, 6) is -0.900. The third-order valence-corrected chi connectivity index (χ3v) is 11.7. The second-order valence-corrected chi connectivity index (χ2v) is 15.1. The third kappa shape index (κ3) is 5.34. The molecule has 0 aromatic heterocycles. The monoisotopic (exact) mass is 738 g/mol. The Morgan fingerprint density at radius 3 is 0.707 bits per heavy atom. The van der Waals surface area contributed by atoms with Crippen molar-refractivity contribution in [3.05, 3.63) is 217 Å². The van der Waals surface area contributed by atoms with Crippen LogP contribution in [0.5, 0.6) is 0 Å². The van der Waals surface area contributed by atoms with Crippen LogP contribution in [0.4, 0.5) is 0 Å². The van der Waals surface area contributed by atoms with Crippen molar-refractivity contribution in [1.29, 1.82) is 0 Å². The molecule has 0 heterocycles. The van der Waals surface area contributed by atoms with Gasteiger partial charge in [-0.05, 0) is 125 Å². The molecule has 2 aliphatic rings. The topological polar surface area (TPSA) is 34.1 Å². The highest BCUT2D eigenvalue weighted by Gasteiger charge is 2.37. The average Bonchev–Trinajstić information content (AvgIpc) is 3.30. The quantitative estimate of drug-likeness (QED) is 0.126. The first-order valence-electron chi connectivity index (χ1n) is 19.7. The lowest BCUT2D eigenvalue weighted by Crippen LogP contribution is -2.23. The summed E-state index contributed by atoms with van der Waals surface area (Å²) in [7, 11) is 0. The number of fused-ring (bicyclic) bond motifs is 2. The standard InChI is InChI=1S/C56H34O2/c57-55-51-47-27-15-16-28-48(47)52(56(55)58)54-50(44-33-41(37-21-9-3-10-22-37)30-42(34-44)38-23-11-4-12-24-38)46-26-14-13-25-45(46)49(53(51)54)43-31-39(35-17-5-1-6-18-35)29-40(32-43)36-19-7-2-8-20-36/h1-34H. The van der Waals surface area contributed by atoms with Gasteiger partial charge in [-0.3, -0.25) is 9.59 Å². The highest BCUT2D eigenvalue weighted by Crippen LogP contribution is 2.52. The average molecular weight is 739 g/mol. The molecule has 270 valence electrons. The van der Waals surface area contributed by atoms with Gasteiger partial charge in [0.2, 0.25) is 11.6 Å². The molecule has 10 aromatic rings. The minimum atomic E-state index is -0.450. The highest BCUT2D eigenvalue weighted by atomic mass is 16.2. The Hall–Kier alpha value is -7.68. The van der Waals surface area contributed by atoms with Crippen molar-refractivity contribution in [2.75, 3.05) is 0 Å². The molecule has 0 atom stereocenters. The number of carbonyl (C=O) groups is 2. The van der Waals surface area contributed by atoms with E-state index >= 15 is 0 Å². The van der Waals surface area contributed by atoms with Crippen molar-refractivity contribution in [2.24, 2.45) is 0 Å². The van der Waals surface area contributed by atoms with Crippen LogP contribution >= 0.6 is 0 Å². The van der Waals surface area contributed by atoms with Gasteiger partial charge in [-0.1, -0.05) is 170 Å². The van der Waals surface area contributed by atoms with E-state index in [1.165, 1.54) is 0 Å². The van der Waals surface area contributed by atoms with E-state index in [1.807, 2.05) is 48.5 Å². The molecule has 0 saturated heterocycles. The summed E-state index contributed by atoms with van der Waals surface area (Å²) in [5, 5.41) is 5.30. The summed E-state index contributed by atoms with van der Waals surface area (Å²) in [6.45, 7) is 0. The number of Topliss-reactive ketones (excluding diaryl/α,β-unsaturated/α-hetero) is 2. The second-order valence-electron chi connectivity index (χ2n) is 15.1. The molecule has 2 bridgehead atoms. The molecule has 10 aromatic carbocycles. The van der Waals surface area contributed by atoms with Crippen LogP contribution < -0.4 is 0 Å². The van der Waals surface area contributed by atoms with Crippen molar-refractivity contribution in [3.63, 3.8) is 0 Å². The van der Waals surface area contributed by atoms with E-state index in [0.29, 0.717) is 11.1 Å². The van der Waals surface area contributed by atoms with Crippen LogP contribution in [-0.2, 0) is 0 Å². The molecule has 0 radical (unpaired) electrons. The Morgan fingerprint density at radius 2 is 0.431 bits per heavy atom. The predicted octanol–water partition coefficient (Wildman–Crippen LogP) is 14.5. The Labute approximate surface area is 336 Å². The van der Waals surface area contributed by atoms with Crippen LogP contribution in [0.1, 0.15) is 20.7 Å². The molecule has 0 amide bonds. The fraction of sp³-hybridized carbons (Fsp3) is 0. The Kier molecular flexibility index (Phi) is 7.84. The Balaban J connectivity index is 1.34. The second kappa shape index (κ2) is 13.5. The summed E-state index contributed by atoms with van der Waals surface area (Å²) in [6.07, 6.45) is 0. The van der Waals surface area contributed by atoms with Gasteiger partial charge < -0.3 is 0 Å². The van der Waals surface area contributed by atoms with Crippen LogP contribution in [0, 0.1) is 0 Å². The van der Waals surface area contributed by atoms with Crippen molar-refractivity contribution < 1.29 is 9.59 Å². The van der Waals surface area contributed by atoms with Crippen molar-refractivity contribution in [1.82, 2.24) is 0 Å². The SMILES string of the molecule is O=C1C(=O)c2c3ccccc3c1c1c(-c3cc(-c4ccccc4)cc(-c4ccccc4)c3)c3ccccc3c(-c3cc(-c4ccccc4)cc(-c4ccccc4)c3)c21. The van der Waals surface area contributed by atoms with Gasteiger partial charge in [0.25, 0.3) is 0 Å². The largest absolute Gasteiger partial charge is 0.285 e. The molecular formula is C56H34O2. The molecule has 0 saturated carbocycles. The number of hydrogen-bond acceptors (Lipinski definition) is 2. The number of rotatable bonds is 6. The molecule has 0 aliphatic heterocycles. The molecule has 2 heteroatoms. The zero-order valence-corrected chi connectivity index (χ0v) is 31.4. The van der Waals surface area contributed by atoms with Crippen molar-refractivity contribution >= 4 is 43.9 Å². The Morgan fingerprint density at radius 1 is 0.207 bits per heavy atom. The normalized spacial score (nSPS) is 12.2. The first kappa shape index (κ1) is 33.6. The van der Waals surface area contributed by atoms with Gasteiger partial charge in [0.15, 0.2) is 0 Å². The molecule has 0 spiro atoms. The van der Waals surface area contributed by atoms with Crippen molar-refractivity contribution in [3.8, 4) is 66.8 Å². The van der Waals surface area contributed by atoms with Crippen molar-refractivity contribution in [2.45, 2.75) is 0 Å². The molecule has 12 rings (SSSR count). The maximum absolute atomic E-state index is 14.5. The summed E-state index contributed by atoms with van der Waals surface area (Å²) in [4.78, 5) is 29.1. The molecule has 0 N–H and O–H groups in total. The van der Waals surface area contributed by atoms with E-state index in [4.69, 9.17) is 0 Å². The van der Waals surface area contributed by atoms with Gasteiger partial charge in [0, 0.05) is 21.9 Å². The maximum atomic E-state index is 14.5. The van der Waals surface area contributed by atoms with E-state index in [9.17, 15) is 9.59 Å². The van der Waals surface area contributed by atoms with Crippen LogP contribution in [0.2, 0.25) is 0 Å². The number of carbonyl (C=O) groups excluding carboxylic acids is 2. The molecular weight excluding hydrogens is 705 g/mol. The minimum absolute atomic E-state index is 0.450. The smallest absolute Gasteiger partial charge is 0.234 e. The lowest BCUT2D eigenvalue weighted by atomic mass is 9.73. The summed E-state index contributed by atoms with van der Waals surface area (Å²) >= 11 is 0. The van der Waals surface area contributed by atoms with Crippen LogP contribution in [-0.4, -0.2) is 11.6 Å². The Bertz CT molecular complexity index is 2940. The summed E-state index contributed by atoms with van der Waals surface area (Å²) in [6, 6.07) is 71.7. The fourth-order valence-electron chi connectivity index (χ4n) is 9.16. The molecule has 2 nitrogen and oxygen atoms in total. The lowest BCUT2D eigenvalue weighted by Gasteiger charge is -2.27. The minimum Gasteiger partial charge on any atom is -0.285 e. The van der Waals surface area contributed by atoms with Gasteiger partial charge in [-0.2, -0.15) is 0 Å². The van der Waals surface area contributed by atoms with E-state index in [1.54, 1.807) is 0 Å². The third-order valence-electron chi connectivity index (χ3n) is 11.7. The zero-order chi connectivity index (χ0) is 38.7. The van der Waals surface area contributed by atoms with E-state index in [2.05, 4.69) is 158 Å². The zero-order valence-electron chi connectivity index (χ0n) is 31.4. The highest BCUT2D eigenvalue weighted by molar-refractivity contribution is 6.62. The lowest BCUT2D eigenvalue weighted by molar-refractivity contribution is 0.0818. The summed E-state index contributed by atoms with van der Waals surface area (Å²) in [5.41, 5.74) is 13.5. The predicted molar refractivity (Wildman–Crippen MR) is 240 cm³/mol. The van der Waals surface area contributed by atoms with E-state index < -0.39 is 11.6 Å². The van der Waals surface area contributed by atoms with Gasteiger partial charge in [-0.15, -0.1) is 0 Å². The van der Waals surface area contributed by atoms with Gasteiger partial charge in [0.05, 0.1) is 0 Å². The van der Waals surface area contributed by atoms with E-state index in [0.717, 1.165) is 99.1 Å². The fourth-order valence-corrected chi connectivity index (χ4v) is 9.16. The molecule has 0 fully saturated rings. The summed E-state index contributed by atoms with van der Waals surface area (Å²) < 4.78 is 0. The number of benzene rings is 10. The van der Waals surface area contributed by atoms with Crippen LogP contribution in [0.25, 0.3) is 99.1 Å². The first-order valence-corrected chi connectivity index (χ1v) is 19.7. The van der Waals surface area contributed by atoms with Gasteiger partial charge in [-0.25, -0.2) is 0 Å². The van der Waals surface area contributed by atoms with Gasteiger partial charge in [0.1, 0.15) is 0 Å².